The van der Waals surface area contributed by atoms with Crippen LogP contribution in [0.5, 0.6) is 0 Å². The Morgan fingerprint density at radius 3 is 2.89 bits per heavy atom. The highest BCUT2D eigenvalue weighted by Crippen LogP contribution is 2.21. The minimum absolute atomic E-state index is 0.144. The summed E-state index contributed by atoms with van der Waals surface area (Å²) < 4.78 is 7.01. The summed E-state index contributed by atoms with van der Waals surface area (Å²) in [6.45, 7) is 1.96. The molecular weight excluding hydrogens is 264 g/mol. The van der Waals surface area contributed by atoms with Crippen LogP contribution in [-0.4, -0.2) is 15.8 Å². The molecule has 0 bridgehead atoms. The number of aryl methyl sites for hydroxylation is 3. The van der Waals surface area contributed by atoms with Gasteiger partial charge in [0.25, 0.3) is 0 Å². The third kappa shape index (κ3) is 3.37. The highest BCUT2D eigenvalue weighted by atomic mass is 35.5. The highest BCUT2D eigenvalue weighted by Gasteiger charge is 2.16. The van der Waals surface area contributed by atoms with E-state index in [-0.39, 0.29) is 6.04 Å². The Kier molecular flexibility index (Phi) is 4.63. The molecule has 0 aromatic carbocycles. The van der Waals surface area contributed by atoms with Gasteiger partial charge in [-0.15, -0.1) is 0 Å². The molecular formula is C13H19ClN4O. The maximum atomic E-state index is 6.23. The molecule has 1 atom stereocenters. The molecule has 0 saturated carbocycles. The van der Waals surface area contributed by atoms with Crippen LogP contribution in [0.2, 0.25) is 5.15 Å². The molecule has 0 aliphatic heterocycles. The number of aromatic nitrogens is 2. The van der Waals surface area contributed by atoms with Gasteiger partial charge in [0.2, 0.25) is 0 Å². The summed E-state index contributed by atoms with van der Waals surface area (Å²) in [7, 11) is 1.84. The second-order valence-electron chi connectivity index (χ2n) is 4.66. The molecule has 5 nitrogen and oxygen atoms in total. The fourth-order valence-electron chi connectivity index (χ4n) is 2.17. The summed E-state index contributed by atoms with van der Waals surface area (Å²) in [5.74, 6) is 6.58. The smallest absolute Gasteiger partial charge is 0.130 e. The number of hydrogen-bond acceptors (Lipinski definition) is 4. The zero-order valence-corrected chi connectivity index (χ0v) is 11.9. The van der Waals surface area contributed by atoms with Gasteiger partial charge in [-0.3, -0.25) is 16.0 Å². The minimum Gasteiger partial charge on any atom is -0.469 e. The van der Waals surface area contributed by atoms with Gasteiger partial charge in [0, 0.05) is 25.1 Å². The molecule has 0 aliphatic carbocycles. The fraction of sp³-hybridized carbons (Fsp3) is 0.462. The lowest BCUT2D eigenvalue weighted by atomic mass is 10.0. The molecule has 0 amide bonds. The number of hydrogen-bond donors (Lipinski definition) is 2. The maximum absolute atomic E-state index is 6.23. The average molecular weight is 283 g/mol. The highest BCUT2D eigenvalue weighted by molar-refractivity contribution is 6.30. The molecule has 0 fully saturated rings. The fourth-order valence-corrected chi connectivity index (χ4v) is 2.42. The predicted molar refractivity (Wildman–Crippen MR) is 74.8 cm³/mol. The van der Waals surface area contributed by atoms with Crippen molar-refractivity contribution in [2.24, 2.45) is 12.9 Å². The van der Waals surface area contributed by atoms with E-state index in [4.69, 9.17) is 21.9 Å². The van der Waals surface area contributed by atoms with Crippen molar-refractivity contribution in [3.05, 3.63) is 40.6 Å². The molecule has 2 rings (SSSR count). The standard InChI is InChI=1S/C13H19ClN4O/c1-9-12(13(14)18(2)17-9)8-10(16-15)5-6-11-4-3-7-19-11/h3-4,7,10,16H,5-6,8,15H2,1-2H3. The first-order valence-corrected chi connectivity index (χ1v) is 6.66. The number of nitrogens with one attached hydrogen (secondary N) is 1. The van der Waals surface area contributed by atoms with Gasteiger partial charge in [0.1, 0.15) is 10.9 Å². The minimum atomic E-state index is 0.144. The molecule has 19 heavy (non-hydrogen) atoms. The van der Waals surface area contributed by atoms with Crippen LogP contribution in [0.3, 0.4) is 0 Å². The average Bonchev–Trinajstić information content (AvgIpc) is 2.98. The number of halogens is 1. The lowest BCUT2D eigenvalue weighted by Gasteiger charge is -2.15. The third-order valence-electron chi connectivity index (χ3n) is 3.28. The number of hydrazine groups is 1. The van der Waals surface area contributed by atoms with Gasteiger partial charge < -0.3 is 4.42 Å². The Hall–Kier alpha value is -1.30. The van der Waals surface area contributed by atoms with E-state index in [1.54, 1.807) is 10.9 Å². The molecule has 2 heterocycles. The van der Waals surface area contributed by atoms with Gasteiger partial charge in [-0.1, -0.05) is 11.6 Å². The van der Waals surface area contributed by atoms with Gasteiger partial charge in [-0.2, -0.15) is 5.10 Å². The van der Waals surface area contributed by atoms with Gasteiger partial charge in [-0.05, 0) is 31.9 Å². The largest absolute Gasteiger partial charge is 0.469 e. The Morgan fingerprint density at radius 1 is 1.58 bits per heavy atom. The zero-order chi connectivity index (χ0) is 13.8. The van der Waals surface area contributed by atoms with Gasteiger partial charge in [0.15, 0.2) is 0 Å². The van der Waals surface area contributed by atoms with Crippen LogP contribution in [0.4, 0.5) is 0 Å². The van der Waals surface area contributed by atoms with Crippen LogP contribution in [0.25, 0.3) is 0 Å². The van der Waals surface area contributed by atoms with E-state index in [1.807, 2.05) is 26.1 Å². The van der Waals surface area contributed by atoms with Crippen LogP contribution < -0.4 is 11.3 Å². The van der Waals surface area contributed by atoms with Gasteiger partial charge in [0.05, 0.1) is 12.0 Å². The van der Waals surface area contributed by atoms with Crippen LogP contribution in [-0.2, 0) is 19.9 Å². The molecule has 0 spiro atoms. The van der Waals surface area contributed by atoms with Gasteiger partial charge in [-0.25, -0.2) is 0 Å². The Bertz CT molecular complexity index is 521. The van der Waals surface area contributed by atoms with E-state index in [2.05, 4.69) is 10.5 Å². The number of nitrogens with zero attached hydrogens (tertiary/aromatic N) is 2. The van der Waals surface area contributed by atoms with Crippen molar-refractivity contribution in [1.82, 2.24) is 15.2 Å². The SMILES string of the molecule is Cc1nn(C)c(Cl)c1CC(CCc1ccco1)NN. The monoisotopic (exact) mass is 282 g/mol. The van der Waals surface area contributed by atoms with Crippen molar-refractivity contribution in [2.75, 3.05) is 0 Å². The first-order valence-electron chi connectivity index (χ1n) is 6.28. The lowest BCUT2D eigenvalue weighted by Crippen LogP contribution is -2.37. The number of nitrogens with two attached hydrogens (primary N) is 1. The Labute approximate surface area is 117 Å². The first kappa shape index (κ1) is 14.1. The molecule has 2 aromatic heterocycles. The van der Waals surface area contributed by atoms with E-state index in [1.165, 1.54) is 0 Å². The molecule has 1 unspecified atom stereocenters. The molecule has 104 valence electrons. The summed E-state index contributed by atoms with van der Waals surface area (Å²) >= 11 is 6.23. The van der Waals surface area contributed by atoms with E-state index >= 15 is 0 Å². The van der Waals surface area contributed by atoms with Crippen molar-refractivity contribution in [1.29, 1.82) is 0 Å². The number of furan rings is 1. The van der Waals surface area contributed by atoms with E-state index in [0.29, 0.717) is 5.15 Å². The van der Waals surface area contributed by atoms with Crippen molar-refractivity contribution in [3.63, 3.8) is 0 Å². The molecule has 0 aliphatic rings. The van der Waals surface area contributed by atoms with Crippen LogP contribution in [0, 0.1) is 6.92 Å². The van der Waals surface area contributed by atoms with Crippen LogP contribution >= 0.6 is 11.6 Å². The summed E-state index contributed by atoms with van der Waals surface area (Å²) in [5, 5.41) is 4.98. The summed E-state index contributed by atoms with van der Waals surface area (Å²) in [5.41, 5.74) is 4.84. The molecule has 6 heteroatoms. The summed E-state index contributed by atoms with van der Waals surface area (Å²) in [6.07, 6.45) is 4.17. The van der Waals surface area contributed by atoms with Crippen molar-refractivity contribution in [3.8, 4) is 0 Å². The Balaban J connectivity index is 1.98. The topological polar surface area (TPSA) is 69.0 Å². The zero-order valence-electron chi connectivity index (χ0n) is 11.2. The Morgan fingerprint density at radius 2 is 2.37 bits per heavy atom. The second kappa shape index (κ2) is 6.23. The molecule has 0 radical (unpaired) electrons. The third-order valence-corrected chi connectivity index (χ3v) is 3.75. The molecule has 3 N–H and O–H groups in total. The molecule has 2 aromatic rings. The van der Waals surface area contributed by atoms with E-state index in [0.717, 1.165) is 36.3 Å². The van der Waals surface area contributed by atoms with E-state index < -0.39 is 0 Å². The predicted octanol–water partition coefficient (Wildman–Crippen LogP) is 1.98. The van der Waals surface area contributed by atoms with Crippen molar-refractivity contribution >= 4 is 11.6 Å². The summed E-state index contributed by atoms with van der Waals surface area (Å²) in [6, 6.07) is 4.00. The summed E-state index contributed by atoms with van der Waals surface area (Å²) in [4.78, 5) is 0. The normalized spacial score (nSPS) is 12.8. The van der Waals surface area contributed by atoms with Crippen molar-refractivity contribution < 1.29 is 4.42 Å². The lowest BCUT2D eigenvalue weighted by molar-refractivity contribution is 0.447. The van der Waals surface area contributed by atoms with Crippen molar-refractivity contribution in [2.45, 2.75) is 32.2 Å². The molecule has 0 saturated heterocycles. The van der Waals surface area contributed by atoms with Crippen LogP contribution in [0.15, 0.2) is 22.8 Å². The van der Waals surface area contributed by atoms with Gasteiger partial charge >= 0.3 is 0 Å². The second-order valence-corrected chi connectivity index (χ2v) is 5.02. The first-order chi connectivity index (χ1) is 9.11. The van der Waals surface area contributed by atoms with E-state index in [9.17, 15) is 0 Å². The maximum Gasteiger partial charge on any atom is 0.130 e. The van der Waals surface area contributed by atoms with Crippen LogP contribution in [0.1, 0.15) is 23.4 Å². The number of rotatable bonds is 6. The quantitative estimate of drug-likeness (QED) is 0.628.